The quantitative estimate of drug-likeness (QED) is 0.633. The molecule has 0 spiro atoms. The Morgan fingerprint density at radius 3 is 2.89 bits per heavy atom. The Morgan fingerprint density at radius 1 is 1.21 bits per heavy atom. The van der Waals surface area contributed by atoms with Crippen molar-refractivity contribution >= 4 is 59.9 Å². The van der Waals surface area contributed by atoms with E-state index in [9.17, 15) is 0 Å². The molecule has 5 heteroatoms. The Bertz CT molecular complexity index is 754. The molecule has 2 nitrogen and oxygen atoms in total. The number of fused-ring (bicyclic) bond motifs is 1. The normalized spacial score (nSPS) is 10.9. The number of thiazole rings is 1. The van der Waals surface area contributed by atoms with Gasteiger partial charge >= 0.3 is 0 Å². The minimum absolute atomic E-state index is 0.719. The molecule has 0 aliphatic rings. The molecule has 0 saturated carbocycles. The monoisotopic (exact) mass is 352 g/mol. The molecule has 0 aliphatic heterocycles. The van der Waals surface area contributed by atoms with Crippen molar-refractivity contribution in [2.75, 3.05) is 5.32 Å². The molecule has 0 aliphatic carbocycles. The molecule has 0 atom stereocenters. The zero-order valence-electron chi connectivity index (χ0n) is 10.1. The first-order chi connectivity index (χ1) is 9.11. The van der Waals surface area contributed by atoms with Gasteiger partial charge in [0.2, 0.25) is 0 Å². The molecule has 0 saturated heterocycles. The highest BCUT2D eigenvalue weighted by Gasteiger charge is 2.06. The highest BCUT2D eigenvalue weighted by Crippen LogP contribution is 2.31. The van der Waals surface area contributed by atoms with Gasteiger partial charge in [0.05, 0.1) is 10.2 Å². The van der Waals surface area contributed by atoms with Gasteiger partial charge in [-0.1, -0.05) is 44.9 Å². The maximum Gasteiger partial charge on any atom is 0.188 e. The highest BCUT2D eigenvalue weighted by atomic mass is 79.9. The third kappa shape index (κ3) is 2.76. The van der Waals surface area contributed by atoms with E-state index in [0.29, 0.717) is 0 Å². The molecule has 3 aromatic rings. The number of benzene rings is 2. The molecule has 0 amide bonds. The zero-order chi connectivity index (χ0) is 13.4. The highest BCUT2D eigenvalue weighted by molar-refractivity contribution is 9.10. The lowest BCUT2D eigenvalue weighted by atomic mass is 10.2. The summed E-state index contributed by atoms with van der Waals surface area (Å²) in [4.78, 5) is 4.57. The summed E-state index contributed by atoms with van der Waals surface area (Å²) < 4.78 is 2.20. The molecule has 1 heterocycles. The molecule has 0 bridgehead atoms. The minimum atomic E-state index is 0.719. The molecular weight excluding hydrogens is 344 g/mol. The molecule has 0 fully saturated rings. The second-order valence-electron chi connectivity index (χ2n) is 4.22. The first kappa shape index (κ1) is 12.9. The molecule has 2 aromatic carbocycles. The van der Waals surface area contributed by atoms with Crippen molar-refractivity contribution in [3.05, 3.63) is 51.5 Å². The third-order valence-corrected chi connectivity index (χ3v) is 4.47. The summed E-state index contributed by atoms with van der Waals surface area (Å²) in [6.07, 6.45) is 0. The van der Waals surface area contributed by atoms with Crippen LogP contribution in [0.5, 0.6) is 0 Å². The van der Waals surface area contributed by atoms with Crippen molar-refractivity contribution in [1.82, 2.24) is 4.98 Å². The maximum absolute atomic E-state index is 6.02. The van der Waals surface area contributed by atoms with E-state index in [1.54, 1.807) is 11.3 Å². The van der Waals surface area contributed by atoms with Crippen molar-refractivity contribution in [1.29, 1.82) is 0 Å². The van der Waals surface area contributed by atoms with E-state index in [-0.39, 0.29) is 0 Å². The van der Waals surface area contributed by atoms with Crippen LogP contribution in [0.4, 0.5) is 10.8 Å². The van der Waals surface area contributed by atoms with E-state index in [0.717, 1.165) is 36.1 Å². The van der Waals surface area contributed by atoms with Crippen LogP contribution in [0.25, 0.3) is 10.2 Å². The van der Waals surface area contributed by atoms with Crippen molar-refractivity contribution in [3.8, 4) is 0 Å². The van der Waals surface area contributed by atoms with Crippen LogP contribution < -0.4 is 5.32 Å². The van der Waals surface area contributed by atoms with Crippen LogP contribution in [0, 0.1) is 6.92 Å². The summed E-state index contributed by atoms with van der Waals surface area (Å²) in [6.45, 7) is 2.04. The van der Waals surface area contributed by atoms with Crippen molar-refractivity contribution in [3.63, 3.8) is 0 Å². The summed E-state index contributed by atoms with van der Waals surface area (Å²) in [5.74, 6) is 0. The average molecular weight is 354 g/mol. The Kier molecular flexibility index (Phi) is 3.48. The molecule has 3 rings (SSSR count). The Morgan fingerprint density at radius 2 is 2.05 bits per heavy atom. The molecule has 96 valence electrons. The van der Waals surface area contributed by atoms with Crippen LogP contribution in [0.3, 0.4) is 0 Å². The third-order valence-electron chi connectivity index (χ3n) is 2.79. The SMILES string of the molecule is Cc1ccc(Cl)cc1Nc1nc2cc(Br)ccc2s1. The van der Waals surface area contributed by atoms with Crippen molar-refractivity contribution in [2.24, 2.45) is 0 Å². The Hall–Kier alpha value is -1.10. The van der Waals surface area contributed by atoms with Gasteiger partial charge in [0.15, 0.2) is 5.13 Å². The van der Waals surface area contributed by atoms with Crippen molar-refractivity contribution in [2.45, 2.75) is 6.92 Å². The number of nitrogens with one attached hydrogen (secondary N) is 1. The number of rotatable bonds is 2. The number of hydrogen-bond acceptors (Lipinski definition) is 3. The number of hydrogen-bond donors (Lipinski definition) is 1. The maximum atomic E-state index is 6.02. The molecule has 1 N–H and O–H groups in total. The van der Waals surface area contributed by atoms with Gasteiger partial charge in [0.25, 0.3) is 0 Å². The van der Waals surface area contributed by atoms with E-state index in [2.05, 4.69) is 32.3 Å². The molecule has 0 radical (unpaired) electrons. The average Bonchev–Trinajstić information content (AvgIpc) is 2.75. The first-order valence-corrected chi connectivity index (χ1v) is 7.70. The predicted molar refractivity (Wildman–Crippen MR) is 86.8 cm³/mol. The van der Waals surface area contributed by atoms with E-state index >= 15 is 0 Å². The van der Waals surface area contributed by atoms with Crippen molar-refractivity contribution < 1.29 is 0 Å². The van der Waals surface area contributed by atoms with Gasteiger partial charge in [-0.3, -0.25) is 0 Å². The fourth-order valence-electron chi connectivity index (χ4n) is 1.80. The molecule has 19 heavy (non-hydrogen) atoms. The van der Waals surface area contributed by atoms with Crippen LogP contribution in [0.1, 0.15) is 5.56 Å². The van der Waals surface area contributed by atoms with E-state index in [1.807, 2.05) is 37.3 Å². The molecule has 0 unspecified atom stereocenters. The smallest absolute Gasteiger partial charge is 0.188 e. The summed E-state index contributed by atoms with van der Waals surface area (Å²) in [7, 11) is 0. The number of nitrogens with zero attached hydrogens (tertiary/aromatic N) is 1. The topological polar surface area (TPSA) is 24.9 Å². The number of aryl methyl sites for hydroxylation is 1. The van der Waals surface area contributed by atoms with Crippen LogP contribution in [0.15, 0.2) is 40.9 Å². The standard InChI is InChI=1S/C14H10BrClN2S/c1-8-2-4-10(16)7-11(8)17-14-18-12-6-9(15)3-5-13(12)19-14/h2-7H,1H3,(H,17,18). The minimum Gasteiger partial charge on any atom is -0.331 e. The second-order valence-corrected chi connectivity index (χ2v) is 6.60. The van der Waals surface area contributed by atoms with Gasteiger partial charge in [0, 0.05) is 15.2 Å². The van der Waals surface area contributed by atoms with Gasteiger partial charge in [-0.15, -0.1) is 0 Å². The van der Waals surface area contributed by atoms with E-state index in [4.69, 9.17) is 11.6 Å². The molecular formula is C14H10BrClN2S. The second kappa shape index (κ2) is 5.12. The van der Waals surface area contributed by atoms with E-state index in [1.165, 1.54) is 0 Å². The fourth-order valence-corrected chi connectivity index (χ4v) is 3.18. The Balaban J connectivity index is 1.98. The lowest BCUT2D eigenvalue weighted by Crippen LogP contribution is -1.91. The predicted octanol–water partition coefficient (Wildman–Crippen LogP) is 5.76. The van der Waals surface area contributed by atoms with E-state index < -0.39 is 0 Å². The number of anilines is 2. The van der Waals surface area contributed by atoms with Gasteiger partial charge in [-0.25, -0.2) is 4.98 Å². The Labute approximate surface area is 128 Å². The van der Waals surface area contributed by atoms with Crippen LogP contribution in [0.2, 0.25) is 5.02 Å². The lowest BCUT2D eigenvalue weighted by molar-refractivity contribution is 1.39. The summed E-state index contributed by atoms with van der Waals surface area (Å²) >= 11 is 11.1. The van der Waals surface area contributed by atoms with Crippen LogP contribution in [-0.4, -0.2) is 4.98 Å². The summed E-state index contributed by atoms with van der Waals surface area (Å²) in [5.41, 5.74) is 3.12. The van der Waals surface area contributed by atoms with Crippen LogP contribution >= 0.6 is 38.9 Å². The van der Waals surface area contributed by atoms with Gasteiger partial charge < -0.3 is 5.32 Å². The molecule has 1 aromatic heterocycles. The van der Waals surface area contributed by atoms with Gasteiger partial charge in [-0.05, 0) is 42.8 Å². The van der Waals surface area contributed by atoms with Crippen LogP contribution in [-0.2, 0) is 0 Å². The zero-order valence-corrected chi connectivity index (χ0v) is 13.2. The lowest BCUT2D eigenvalue weighted by Gasteiger charge is -2.06. The summed E-state index contributed by atoms with van der Waals surface area (Å²) in [5, 5.41) is 4.92. The fraction of sp³-hybridized carbons (Fsp3) is 0.0714. The number of halogens is 2. The van der Waals surface area contributed by atoms with Gasteiger partial charge in [-0.2, -0.15) is 0 Å². The number of aromatic nitrogens is 1. The summed E-state index contributed by atoms with van der Waals surface area (Å²) in [6, 6.07) is 11.9. The van der Waals surface area contributed by atoms with Gasteiger partial charge in [0.1, 0.15) is 0 Å². The largest absolute Gasteiger partial charge is 0.331 e. The first-order valence-electron chi connectivity index (χ1n) is 5.71.